The topological polar surface area (TPSA) is 53.9 Å². The molecule has 0 saturated carbocycles. The highest BCUT2D eigenvalue weighted by Crippen LogP contribution is 2.31. The second-order valence-electron chi connectivity index (χ2n) is 4.26. The molecule has 1 fully saturated rings. The van der Waals surface area contributed by atoms with Crippen molar-refractivity contribution in [2.75, 3.05) is 25.5 Å². The smallest absolute Gasteiger partial charge is 0.205 e. The van der Waals surface area contributed by atoms with Crippen LogP contribution >= 0.6 is 22.7 Å². The van der Waals surface area contributed by atoms with Gasteiger partial charge in [0.1, 0.15) is 5.01 Å². The van der Waals surface area contributed by atoms with Crippen LogP contribution < -0.4 is 5.32 Å². The fourth-order valence-corrected chi connectivity index (χ4v) is 3.73. The van der Waals surface area contributed by atoms with E-state index >= 15 is 0 Å². The molecule has 3 rings (SSSR count). The lowest BCUT2D eigenvalue weighted by molar-refractivity contribution is 0.331. The molecular formula is C11H15N5S2. The zero-order chi connectivity index (χ0) is 12.4. The largest absolute Gasteiger partial charge is 0.363 e. The van der Waals surface area contributed by atoms with Crippen LogP contribution in [0.3, 0.4) is 0 Å². The van der Waals surface area contributed by atoms with Gasteiger partial charge in [0, 0.05) is 13.2 Å². The zero-order valence-electron chi connectivity index (χ0n) is 10.2. The third kappa shape index (κ3) is 2.52. The molecule has 2 aromatic heterocycles. The average molecular weight is 281 g/mol. The van der Waals surface area contributed by atoms with Gasteiger partial charge in [-0.1, -0.05) is 11.3 Å². The summed E-state index contributed by atoms with van der Waals surface area (Å²) >= 11 is 3.29. The molecule has 96 valence electrons. The molecule has 1 aliphatic heterocycles. The molecule has 0 aliphatic carbocycles. The van der Waals surface area contributed by atoms with Crippen LogP contribution in [0.1, 0.15) is 17.8 Å². The molecule has 2 aromatic rings. The van der Waals surface area contributed by atoms with E-state index in [0.717, 1.165) is 21.6 Å². The number of nitrogens with zero attached hydrogens (tertiary/aromatic N) is 4. The van der Waals surface area contributed by atoms with E-state index in [2.05, 4.69) is 25.4 Å². The van der Waals surface area contributed by atoms with Gasteiger partial charge in [0.15, 0.2) is 5.01 Å². The molecule has 0 aromatic carbocycles. The summed E-state index contributed by atoms with van der Waals surface area (Å²) in [5, 5.41) is 14.2. The number of hydrogen-bond acceptors (Lipinski definition) is 7. The molecule has 0 bridgehead atoms. The first-order valence-corrected chi connectivity index (χ1v) is 7.67. The van der Waals surface area contributed by atoms with Gasteiger partial charge in [0.2, 0.25) is 5.13 Å². The Morgan fingerprint density at radius 2 is 2.11 bits per heavy atom. The van der Waals surface area contributed by atoms with Crippen LogP contribution in [0.15, 0.2) is 6.20 Å². The van der Waals surface area contributed by atoms with Crippen molar-refractivity contribution in [1.29, 1.82) is 0 Å². The van der Waals surface area contributed by atoms with E-state index in [1.54, 1.807) is 22.7 Å². The van der Waals surface area contributed by atoms with Crippen LogP contribution in [-0.2, 0) is 6.54 Å². The number of anilines is 1. The van der Waals surface area contributed by atoms with Crippen molar-refractivity contribution < 1.29 is 0 Å². The highest BCUT2D eigenvalue weighted by atomic mass is 32.1. The maximum absolute atomic E-state index is 4.49. The molecule has 0 amide bonds. The van der Waals surface area contributed by atoms with Gasteiger partial charge in [0.05, 0.1) is 11.4 Å². The van der Waals surface area contributed by atoms with Gasteiger partial charge < -0.3 is 5.32 Å². The number of likely N-dealkylation sites (tertiary alicyclic amines) is 1. The number of nitrogens with one attached hydrogen (secondary N) is 1. The fourth-order valence-electron chi connectivity index (χ4n) is 2.04. The van der Waals surface area contributed by atoms with Crippen molar-refractivity contribution >= 4 is 27.8 Å². The Morgan fingerprint density at radius 1 is 1.28 bits per heavy atom. The summed E-state index contributed by atoms with van der Waals surface area (Å²) < 4.78 is 0. The van der Waals surface area contributed by atoms with Gasteiger partial charge in [-0.3, -0.25) is 4.90 Å². The van der Waals surface area contributed by atoms with Gasteiger partial charge in [0.25, 0.3) is 0 Å². The normalized spacial score (nSPS) is 16.3. The summed E-state index contributed by atoms with van der Waals surface area (Å²) in [4.78, 5) is 8.06. The molecular weight excluding hydrogens is 266 g/mol. The predicted octanol–water partition coefficient (Wildman–Crippen LogP) is 2.30. The van der Waals surface area contributed by atoms with Crippen LogP contribution in [0.2, 0.25) is 0 Å². The van der Waals surface area contributed by atoms with Crippen LogP contribution in [-0.4, -0.2) is 40.2 Å². The van der Waals surface area contributed by atoms with E-state index < -0.39 is 0 Å². The second-order valence-corrected chi connectivity index (χ2v) is 6.36. The van der Waals surface area contributed by atoms with Gasteiger partial charge >= 0.3 is 0 Å². The number of hydrogen-bond donors (Lipinski definition) is 1. The lowest BCUT2D eigenvalue weighted by Gasteiger charge is -2.11. The van der Waals surface area contributed by atoms with E-state index in [1.165, 1.54) is 30.9 Å². The quantitative estimate of drug-likeness (QED) is 0.932. The molecule has 0 atom stereocenters. The summed E-state index contributed by atoms with van der Waals surface area (Å²) in [5.74, 6) is 0. The number of rotatable bonds is 4. The van der Waals surface area contributed by atoms with Gasteiger partial charge in [-0.2, -0.15) is 0 Å². The highest BCUT2D eigenvalue weighted by molar-refractivity contribution is 7.23. The fraction of sp³-hybridized carbons (Fsp3) is 0.545. The van der Waals surface area contributed by atoms with E-state index in [4.69, 9.17) is 0 Å². The van der Waals surface area contributed by atoms with Crippen molar-refractivity contribution in [3.63, 3.8) is 0 Å². The average Bonchev–Trinajstić information content (AvgIpc) is 3.09. The van der Waals surface area contributed by atoms with Crippen molar-refractivity contribution in [3.05, 3.63) is 11.2 Å². The Bertz CT molecular complexity index is 515. The monoisotopic (exact) mass is 281 g/mol. The molecule has 5 nitrogen and oxygen atoms in total. The standard InChI is InChI=1S/C11H15N5S2/c1-12-11-15-14-10(18-11)8-6-13-9(17-8)7-16-4-2-3-5-16/h6H,2-5,7H2,1H3,(H,12,15). The predicted molar refractivity (Wildman–Crippen MR) is 75.1 cm³/mol. The molecule has 0 radical (unpaired) electrons. The van der Waals surface area contributed by atoms with Gasteiger partial charge in [-0.05, 0) is 25.9 Å². The van der Waals surface area contributed by atoms with Crippen LogP contribution in [0.25, 0.3) is 9.88 Å². The van der Waals surface area contributed by atoms with Crippen LogP contribution in [0.4, 0.5) is 5.13 Å². The second kappa shape index (κ2) is 5.29. The minimum atomic E-state index is 0.847. The van der Waals surface area contributed by atoms with Crippen molar-refractivity contribution in [1.82, 2.24) is 20.1 Å². The summed E-state index contributed by atoms with van der Waals surface area (Å²) in [6.45, 7) is 3.39. The zero-order valence-corrected chi connectivity index (χ0v) is 11.9. The molecule has 0 unspecified atom stereocenters. The van der Waals surface area contributed by atoms with Crippen LogP contribution in [0, 0.1) is 0 Å². The Hall–Kier alpha value is -1.05. The maximum atomic E-state index is 4.49. The van der Waals surface area contributed by atoms with Gasteiger partial charge in [-0.25, -0.2) is 4.98 Å². The summed E-state index contributed by atoms with van der Waals surface area (Å²) in [6.07, 6.45) is 4.55. The molecule has 1 saturated heterocycles. The summed E-state index contributed by atoms with van der Waals surface area (Å²) in [5.41, 5.74) is 0. The van der Waals surface area contributed by atoms with E-state index in [-0.39, 0.29) is 0 Å². The molecule has 3 heterocycles. The molecule has 1 N–H and O–H groups in total. The van der Waals surface area contributed by atoms with Crippen LogP contribution in [0.5, 0.6) is 0 Å². The van der Waals surface area contributed by atoms with Crippen molar-refractivity contribution in [3.8, 4) is 9.88 Å². The Labute approximate surface area is 114 Å². The third-order valence-corrected chi connectivity index (χ3v) is 5.05. The third-order valence-electron chi connectivity index (χ3n) is 2.96. The van der Waals surface area contributed by atoms with E-state index in [1.807, 2.05) is 13.2 Å². The Morgan fingerprint density at radius 3 is 2.83 bits per heavy atom. The Balaban J connectivity index is 1.72. The molecule has 0 spiro atoms. The first-order chi connectivity index (χ1) is 8.85. The summed E-state index contributed by atoms with van der Waals surface area (Å²) in [6, 6.07) is 0. The van der Waals surface area contributed by atoms with E-state index in [9.17, 15) is 0 Å². The maximum Gasteiger partial charge on any atom is 0.205 e. The molecule has 7 heteroatoms. The Kier molecular flexibility index (Phi) is 3.53. The first-order valence-electron chi connectivity index (χ1n) is 6.04. The van der Waals surface area contributed by atoms with Crippen molar-refractivity contribution in [2.24, 2.45) is 0 Å². The van der Waals surface area contributed by atoms with E-state index in [0.29, 0.717) is 0 Å². The van der Waals surface area contributed by atoms with Gasteiger partial charge in [-0.15, -0.1) is 21.5 Å². The summed E-state index contributed by atoms with van der Waals surface area (Å²) in [7, 11) is 1.86. The molecule has 1 aliphatic rings. The minimum Gasteiger partial charge on any atom is -0.363 e. The number of aromatic nitrogens is 3. The molecule has 18 heavy (non-hydrogen) atoms. The lowest BCUT2D eigenvalue weighted by atomic mass is 10.4. The number of thiazole rings is 1. The first kappa shape index (κ1) is 12.0. The minimum absolute atomic E-state index is 0.847. The SMILES string of the molecule is CNc1nnc(-c2cnc(CN3CCCC3)s2)s1. The lowest BCUT2D eigenvalue weighted by Crippen LogP contribution is -2.17. The highest BCUT2D eigenvalue weighted by Gasteiger charge is 2.15. The van der Waals surface area contributed by atoms with Crippen molar-refractivity contribution in [2.45, 2.75) is 19.4 Å².